The lowest BCUT2D eigenvalue weighted by atomic mass is 9.64. The SMILES string of the molecule is COc1ccc2c(c1)C=C[C@H]1N2[C@H](C(C)=O)[C@@H](C(=O)c2ccccn2)[C@]12C(=O)Nc1ccccc12. The number of aromatic nitrogens is 1. The normalized spacial score (nSPS) is 25.6. The minimum absolute atomic E-state index is 0.185. The number of benzene rings is 2. The van der Waals surface area contributed by atoms with Crippen molar-refractivity contribution >= 4 is 34.9 Å². The van der Waals surface area contributed by atoms with Gasteiger partial charge in [0.2, 0.25) is 5.91 Å². The van der Waals surface area contributed by atoms with Gasteiger partial charge < -0.3 is 15.0 Å². The Bertz CT molecular complexity index is 1420. The number of ether oxygens (including phenoxy) is 1. The van der Waals surface area contributed by atoms with Crippen molar-refractivity contribution < 1.29 is 19.1 Å². The van der Waals surface area contributed by atoms with Crippen LogP contribution in [0.2, 0.25) is 0 Å². The largest absolute Gasteiger partial charge is 0.497 e. The molecule has 1 amide bonds. The molecule has 1 N–H and O–H groups in total. The molecule has 3 aliphatic rings. The zero-order valence-corrected chi connectivity index (χ0v) is 19.3. The fourth-order valence-corrected chi connectivity index (χ4v) is 6.11. The predicted molar refractivity (Wildman–Crippen MR) is 132 cm³/mol. The standard InChI is InChI=1S/C28H23N3O4/c1-16(32)25-24(26(33)21-9-5-6-14-29-21)28(19-7-3-4-8-20(19)30-27(28)34)23-13-10-17-15-18(35-2)11-12-22(17)31(23)25/h3-15,23-25H,1-2H3,(H,30,34)/t23-,24+,25-,28-/m1/s1. The van der Waals surface area contributed by atoms with Gasteiger partial charge in [0.05, 0.1) is 25.1 Å². The smallest absolute Gasteiger partial charge is 0.238 e. The molecule has 3 aliphatic heterocycles. The number of Topliss-reactive ketones (excluding diaryl/α,β-unsaturated/α-hetero) is 2. The summed E-state index contributed by atoms with van der Waals surface area (Å²) in [5.74, 6) is -1.08. The Morgan fingerprint density at radius 1 is 1.09 bits per heavy atom. The highest BCUT2D eigenvalue weighted by Crippen LogP contribution is 2.57. The topological polar surface area (TPSA) is 88.6 Å². The van der Waals surface area contributed by atoms with Crippen molar-refractivity contribution in [3.8, 4) is 5.75 Å². The minimum atomic E-state index is -1.30. The third kappa shape index (κ3) is 2.78. The van der Waals surface area contributed by atoms with Crippen LogP contribution >= 0.6 is 0 Å². The van der Waals surface area contributed by atoms with E-state index in [1.165, 1.54) is 6.92 Å². The van der Waals surface area contributed by atoms with E-state index in [0.29, 0.717) is 11.4 Å². The van der Waals surface area contributed by atoms with Crippen LogP contribution in [0.3, 0.4) is 0 Å². The first-order valence-corrected chi connectivity index (χ1v) is 11.5. The molecule has 0 radical (unpaired) electrons. The highest BCUT2D eigenvalue weighted by molar-refractivity contribution is 6.16. The fraction of sp³-hybridized carbons (Fsp3) is 0.214. The van der Waals surface area contributed by atoms with Crippen molar-refractivity contribution in [2.24, 2.45) is 5.92 Å². The lowest BCUT2D eigenvalue weighted by Gasteiger charge is -2.37. The average molecular weight is 466 g/mol. The summed E-state index contributed by atoms with van der Waals surface area (Å²) < 4.78 is 5.39. The average Bonchev–Trinajstić information content (AvgIpc) is 3.36. The van der Waals surface area contributed by atoms with Crippen LogP contribution in [0.15, 0.2) is 72.9 Å². The van der Waals surface area contributed by atoms with Crippen LogP contribution in [0.5, 0.6) is 5.75 Å². The molecule has 174 valence electrons. The first-order valence-electron chi connectivity index (χ1n) is 11.5. The van der Waals surface area contributed by atoms with Crippen LogP contribution < -0.4 is 15.0 Å². The van der Waals surface area contributed by atoms with Gasteiger partial charge in [0.15, 0.2) is 11.6 Å². The first kappa shape index (κ1) is 21.3. The van der Waals surface area contributed by atoms with E-state index in [9.17, 15) is 14.4 Å². The van der Waals surface area contributed by atoms with E-state index in [0.717, 1.165) is 16.8 Å². The summed E-state index contributed by atoms with van der Waals surface area (Å²) in [6.45, 7) is 1.49. The highest BCUT2D eigenvalue weighted by atomic mass is 16.5. The van der Waals surface area contributed by atoms with Crippen LogP contribution in [0.4, 0.5) is 11.4 Å². The maximum absolute atomic E-state index is 14.2. The molecule has 1 spiro atoms. The summed E-state index contributed by atoms with van der Waals surface area (Å²) in [6.07, 6.45) is 5.43. The zero-order valence-electron chi connectivity index (χ0n) is 19.3. The number of fused-ring (bicyclic) bond motifs is 6. The maximum atomic E-state index is 14.2. The number of hydrogen-bond donors (Lipinski definition) is 1. The third-order valence-electron chi connectivity index (χ3n) is 7.46. The molecule has 1 saturated heterocycles. The number of pyridine rings is 1. The van der Waals surface area contributed by atoms with Gasteiger partial charge in [-0.1, -0.05) is 36.4 Å². The zero-order chi connectivity index (χ0) is 24.3. The van der Waals surface area contributed by atoms with Crippen molar-refractivity contribution in [2.45, 2.75) is 24.4 Å². The van der Waals surface area contributed by atoms with Gasteiger partial charge >= 0.3 is 0 Å². The molecule has 1 aromatic heterocycles. The molecule has 0 saturated carbocycles. The number of methoxy groups -OCH3 is 1. The molecule has 35 heavy (non-hydrogen) atoms. The molecule has 0 unspecified atom stereocenters. The number of rotatable bonds is 4. The van der Waals surface area contributed by atoms with Gasteiger partial charge in [0.25, 0.3) is 0 Å². The number of carbonyl (C=O) groups excluding carboxylic acids is 3. The van der Waals surface area contributed by atoms with Crippen LogP contribution in [0, 0.1) is 5.92 Å². The number of ketones is 2. The number of nitrogens with one attached hydrogen (secondary N) is 1. The van der Waals surface area contributed by atoms with Crippen LogP contribution in [-0.2, 0) is 15.0 Å². The van der Waals surface area contributed by atoms with Crippen LogP contribution in [0.1, 0.15) is 28.5 Å². The van der Waals surface area contributed by atoms with Crippen molar-refractivity contribution in [1.82, 2.24) is 4.98 Å². The minimum Gasteiger partial charge on any atom is -0.497 e. The van der Waals surface area contributed by atoms with Crippen LogP contribution in [-0.4, -0.2) is 41.7 Å². The Kier molecular flexibility index (Phi) is 4.64. The van der Waals surface area contributed by atoms with Crippen LogP contribution in [0.25, 0.3) is 6.08 Å². The number of anilines is 2. The van der Waals surface area contributed by atoms with Gasteiger partial charge in [-0.2, -0.15) is 0 Å². The molecule has 3 aromatic rings. The first-order chi connectivity index (χ1) is 17.0. The van der Waals surface area contributed by atoms with E-state index in [2.05, 4.69) is 10.3 Å². The van der Waals surface area contributed by atoms with Gasteiger partial charge in [-0.25, -0.2) is 0 Å². The molecule has 4 heterocycles. The molecule has 7 heteroatoms. The van der Waals surface area contributed by atoms with Crippen molar-refractivity contribution in [1.29, 1.82) is 0 Å². The third-order valence-corrected chi connectivity index (χ3v) is 7.46. The molecular weight excluding hydrogens is 442 g/mol. The molecule has 4 atom stereocenters. The summed E-state index contributed by atoms with van der Waals surface area (Å²) in [6, 6.07) is 16.7. The molecular formula is C28H23N3O4. The molecule has 2 aromatic carbocycles. The molecule has 1 fully saturated rings. The van der Waals surface area contributed by atoms with E-state index in [1.54, 1.807) is 31.5 Å². The van der Waals surface area contributed by atoms with Gasteiger partial charge in [0.1, 0.15) is 16.9 Å². The van der Waals surface area contributed by atoms with E-state index < -0.39 is 23.4 Å². The Labute approximate surface area is 202 Å². The fourth-order valence-electron chi connectivity index (χ4n) is 6.11. The van der Waals surface area contributed by atoms with E-state index in [-0.39, 0.29) is 23.2 Å². The van der Waals surface area contributed by atoms with E-state index in [1.807, 2.05) is 59.5 Å². The van der Waals surface area contributed by atoms with Gasteiger partial charge in [0, 0.05) is 23.1 Å². The Morgan fingerprint density at radius 3 is 2.63 bits per heavy atom. The monoisotopic (exact) mass is 465 g/mol. The highest BCUT2D eigenvalue weighted by Gasteiger charge is 2.70. The van der Waals surface area contributed by atoms with E-state index in [4.69, 9.17) is 4.74 Å². The Hall–Kier alpha value is -4.26. The molecule has 7 nitrogen and oxygen atoms in total. The number of nitrogens with zero attached hydrogens (tertiary/aromatic N) is 2. The van der Waals surface area contributed by atoms with Gasteiger partial charge in [-0.3, -0.25) is 19.4 Å². The number of hydrogen-bond acceptors (Lipinski definition) is 6. The molecule has 6 rings (SSSR count). The number of para-hydroxylation sites is 1. The van der Waals surface area contributed by atoms with Gasteiger partial charge in [-0.05, 0) is 48.9 Å². The summed E-state index contributed by atoms with van der Waals surface area (Å²) >= 11 is 0. The second-order valence-electron chi connectivity index (χ2n) is 9.12. The Morgan fingerprint density at radius 2 is 1.89 bits per heavy atom. The van der Waals surface area contributed by atoms with Gasteiger partial charge in [-0.15, -0.1) is 0 Å². The second-order valence-corrected chi connectivity index (χ2v) is 9.12. The Balaban J connectivity index is 1.65. The molecule has 0 aliphatic carbocycles. The lowest BCUT2D eigenvalue weighted by molar-refractivity contribution is -0.122. The maximum Gasteiger partial charge on any atom is 0.238 e. The van der Waals surface area contributed by atoms with Crippen molar-refractivity contribution in [2.75, 3.05) is 17.3 Å². The summed E-state index contributed by atoms with van der Waals surface area (Å²) in [5.41, 5.74) is 1.97. The second kappa shape index (κ2) is 7.63. The number of amides is 1. The van der Waals surface area contributed by atoms with Crippen molar-refractivity contribution in [3.05, 3.63) is 89.8 Å². The molecule has 0 bridgehead atoms. The number of carbonyl (C=O) groups is 3. The summed E-state index contributed by atoms with van der Waals surface area (Å²) in [5, 5.41) is 3.00. The quantitative estimate of drug-likeness (QED) is 0.592. The predicted octanol–water partition coefficient (Wildman–Crippen LogP) is 3.65. The van der Waals surface area contributed by atoms with Crippen molar-refractivity contribution in [3.63, 3.8) is 0 Å². The summed E-state index contributed by atoms with van der Waals surface area (Å²) in [4.78, 5) is 47.7. The lowest BCUT2D eigenvalue weighted by Crippen LogP contribution is -2.51. The summed E-state index contributed by atoms with van der Waals surface area (Å²) in [7, 11) is 1.60. The van der Waals surface area contributed by atoms with E-state index >= 15 is 0 Å².